The number of phenols is 2. The third-order valence-electron chi connectivity index (χ3n) is 2.63. The van der Waals surface area contributed by atoms with E-state index in [4.69, 9.17) is 15.6 Å². The number of carbonyl (C=O) groups is 1. The van der Waals surface area contributed by atoms with Gasteiger partial charge in [-0.25, -0.2) is 0 Å². The SMILES string of the molecule is COc1c(O)ccc(CCNC(=O)C(N)CO)c1O. The summed E-state index contributed by atoms with van der Waals surface area (Å²) in [7, 11) is 1.33. The van der Waals surface area contributed by atoms with Crippen LogP contribution in [0.2, 0.25) is 0 Å². The Bertz CT molecular complexity index is 450. The Morgan fingerprint density at radius 3 is 2.74 bits per heavy atom. The molecule has 0 saturated heterocycles. The highest BCUT2D eigenvalue weighted by molar-refractivity contribution is 5.81. The first-order valence-electron chi connectivity index (χ1n) is 5.73. The molecule has 0 aromatic heterocycles. The van der Waals surface area contributed by atoms with Gasteiger partial charge in [-0.2, -0.15) is 0 Å². The van der Waals surface area contributed by atoms with Crippen LogP contribution in [0.25, 0.3) is 0 Å². The minimum absolute atomic E-state index is 0.00381. The predicted octanol–water partition coefficient (Wildman–Crippen LogP) is -0.915. The predicted molar refractivity (Wildman–Crippen MR) is 68.1 cm³/mol. The van der Waals surface area contributed by atoms with Gasteiger partial charge in [-0.3, -0.25) is 4.79 Å². The van der Waals surface area contributed by atoms with Crippen LogP contribution in [0.3, 0.4) is 0 Å². The number of benzene rings is 1. The van der Waals surface area contributed by atoms with E-state index in [0.29, 0.717) is 12.0 Å². The van der Waals surface area contributed by atoms with Crippen LogP contribution >= 0.6 is 0 Å². The van der Waals surface area contributed by atoms with E-state index in [1.165, 1.54) is 19.2 Å². The van der Waals surface area contributed by atoms with Crippen LogP contribution in [-0.4, -0.2) is 47.5 Å². The van der Waals surface area contributed by atoms with Gasteiger partial charge in [0.05, 0.1) is 13.7 Å². The number of nitrogens with one attached hydrogen (secondary N) is 1. The molecule has 1 aromatic rings. The van der Waals surface area contributed by atoms with E-state index in [0.717, 1.165) is 0 Å². The summed E-state index contributed by atoms with van der Waals surface area (Å²) in [6, 6.07) is 1.98. The van der Waals surface area contributed by atoms with E-state index in [2.05, 4.69) is 5.32 Å². The van der Waals surface area contributed by atoms with Crippen LogP contribution in [0.5, 0.6) is 17.2 Å². The summed E-state index contributed by atoms with van der Waals surface area (Å²) in [5.74, 6) is -0.790. The highest BCUT2D eigenvalue weighted by Gasteiger charge is 2.14. The molecule has 1 amide bonds. The minimum Gasteiger partial charge on any atom is -0.504 e. The zero-order valence-corrected chi connectivity index (χ0v) is 10.6. The van der Waals surface area contributed by atoms with Gasteiger partial charge in [-0.1, -0.05) is 6.07 Å². The highest BCUT2D eigenvalue weighted by atomic mass is 16.5. The number of rotatable bonds is 6. The van der Waals surface area contributed by atoms with Crippen LogP contribution in [0.4, 0.5) is 0 Å². The number of methoxy groups -OCH3 is 1. The maximum Gasteiger partial charge on any atom is 0.239 e. The average Bonchev–Trinajstić information content (AvgIpc) is 2.40. The number of hydrogen-bond donors (Lipinski definition) is 5. The Morgan fingerprint density at radius 2 is 2.16 bits per heavy atom. The van der Waals surface area contributed by atoms with Gasteiger partial charge in [0.15, 0.2) is 11.5 Å². The number of phenolic OH excluding ortho intramolecular Hbond substituents is 2. The first-order chi connectivity index (χ1) is 9.01. The van der Waals surface area contributed by atoms with Crippen molar-refractivity contribution in [2.75, 3.05) is 20.3 Å². The summed E-state index contributed by atoms with van der Waals surface area (Å²) >= 11 is 0. The number of aliphatic hydroxyl groups excluding tert-OH is 1. The van der Waals surface area contributed by atoms with Gasteiger partial charge in [-0.15, -0.1) is 0 Å². The average molecular weight is 270 g/mol. The van der Waals surface area contributed by atoms with Gasteiger partial charge in [0, 0.05) is 6.54 Å². The number of carbonyl (C=O) groups excluding carboxylic acids is 1. The van der Waals surface area contributed by atoms with Crippen molar-refractivity contribution in [3.63, 3.8) is 0 Å². The summed E-state index contributed by atoms with van der Waals surface area (Å²) in [6.07, 6.45) is 0.340. The summed E-state index contributed by atoms with van der Waals surface area (Å²) in [5, 5.41) is 30.5. The lowest BCUT2D eigenvalue weighted by atomic mass is 10.1. The van der Waals surface area contributed by atoms with Crippen LogP contribution in [0.1, 0.15) is 5.56 Å². The van der Waals surface area contributed by atoms with Gasteiger partial charge in [0.25, 0.3) is 0 Å². The lowest BCUT2D eigenvalue weighted by Gasteiger charge is -2.12. The van der Waals surface area contributed by atoms with Gasteiger partial charge in [-0.05, 0) is 18.1 Å². The van der Waals surface area contributed by atoms with Gasteiger partial charge < -0.3 is 31.1 Å². The molecule has 1 unspecified atom stereocenters. The number of aliphatic hydroxyl groups is 1. The molecule has 0 spiro atoms. The molecule has 1 aromatic carbocycles. The third kappa shape index (κ3) is 3.73. The van der Waals surface area contributed by atoms with Crippen LogP contribution in [0.15, 0.2) is 12.1 Å². The number of ether oxygens (including phenoxy) is 1. The zero-order valence-electron chi connectivity index (χ0n) is 10.6. The fourth-order valence-electron chi connectivity index (χ4n) is 1.54. The quantitative estimate of drug-likeness (QED) is 0.455. The Hall–Kier alpha value is -1.99. The van der Waals surface area contributed by atoms with E-state index < -0.39 is 18.6 Å². The van der Waals surface area contributed by atoms with Crippen molar-refractivity contribution in [2.45, 2.75) is 12.5 Å². The van der Waals surface area contributed by atoms with Crippen molar-refractivity contribution in [1.82, 2.24) is 5.32 Å². The smallest absolute Gasteiger partial charge is 0.239 e. The Balaban J connectivity index is 2.62. The monoisotopic (exact) mass is 270 g/mol. The van der Waals surface area contributed by atoms with Crippen molar-refractivity contribution >= 4 is 5.91 Å². The zero-order chi connectivity index (χ0) is 14.4. The maximum atomic E-state index is 11.3. The topological polar surface area (TPSA) is 125 Å². The standard InChI is InChI=1S/C12H18N2O5/c1-19-11-9(16)3-2-7(10(11)17)4-5-14-12(18)8(13)6-15/h2-3,8,15-17H,4-6,13H2,1H3,(H,14,18). The molecule has 19 heavy (non-hydrogen) atoms. The van der Waals surface area contributed by atoms with Crippen LogP contribution < -0.4 is 15.8 Å². The largest absolute Gasteiger partial charge is 0.504 e. The normalized spacial score (nSPS) is 11.9. The van der Waals surface area contributed by atoms with Crippen molar-refractivity contribution in [1.29, 1.82) is 0 Å². The molecule has 0 bridgehead atoms. The van der Waals surface area contributed by atoms with E-state index in [1.807, 2.05) is 0 Å². The molecule has 0 radical (unpaired) electrons. The summed E-state index contributed by atoms with van der Waals surface area (Å²) in [5.41, 5.74) is 5.85. The van der Waals surface area contributed by atoms with Gasteiger partial charge in [0.1, 0.15) is 6.04 Å². The van der Waals surface area contributed by atoms with Crippen molar-refractivity contribution in [2.24, 2.45) is 5.73 Å². The molecule has 0 heterocycles. The molecule has 0 fully saturated rings. The molecule has 7 heteroatoms. The second-order valence-electron chi connectivity index (χ2n) is 3.96. The lowest BCUT2D eigenvalue weighted by molar-refractivity contribution is -0.123. The van der Waals surface area contributed by atoms with Gasteiger partial charge in [0.2, 0.25) is 11.7 Å². The molecule has 0 aliphatic carbocycles. The summed E-state index contributed by atoms with van der Waals surface area (Å²) in [6.45, 7) is -0.182. The highest BCUT2D eigenvalue weighted by Crippen LogP contribution is 2.38. The Labute approximate surface area is 110 Å². The van der Waals surface area contributed by atoms with Crippen molar-refractivity contribution in [3.05, 3.63) is 17.7 Å². The molecule has 1 atom stereocenters. The molecule has 0 saturated carbocycles. The molecular formula is C12H18N2O5. The van der Waals surface area contributed by atoms with E-state index >= 15 is 0 Å². The minimum atomic E-state index is -0.956. The maximum absolute atomic E-state index is 11.3. The van der Waals surface area contributed by atoms with E-state index in [1.54, 1.807) is 0 Å². The van der Waals surface area contributed by atoms with Crippen LogP contribution in [0, 0.1) is 0 Å². The Kier molecular flexibility index (Phi) is 5.40. The second-order valence-corrected chi connectivity index (χ2v) is 3.96. The van der Waals surface area contributed by atoms with E-state index in [-0.39, 0.29) is 23.8 Å². The third-order valence-corrected chi connectivity index (χ3v) is 2.63. The lowest BCUT2D eigenvalue weighted by Crippen LogP contribution is -2.43. The summed E-state index contributed by atoms with van der Waals surface area (Å²) < 4.78 is 4.86. The molecule has 6 N–H and O–H groups in total. The summed E-state index contributed by atoms with van der Waals surface area (Å²) in [4.78, 5) is 11.3. The van der Waals surface area contributed by atoms with Crippen molar-refractivity contribution in [3.8, 4) is 17.2 Å². The number of amides is 1. The second kappa shape index (κ2) is 6.81. The number of nitrogens with two attached hydrogens (primary N) is 1. The molecular weight excluding hydrogens is 252 g/mol. The Morgan fingerprint density at radius 1 is 1.47 bits per heavy atom. The molecule has 1 rings (SSSR count). The van der Waals surface area contributed by atoms with Crippen molar-refractivity contribution < 1.29 is 24.9 Å². The first kappa shape index (κ1) is 15.1. The number of hydrogen-bond acceptors (Lipinski definition) is 6. The number of aromatic hydroxyl groups is 2. The fraction of sp³-hybridized carbons (Fsp3) is 0.417. The van der Waals surface area contributed by atoms with Crippen LogP contribution in [-0.2, 0) is 11.2 Å². The van der Waals surface area contributed by atoms with E-state index in [9.17, 15) is 15.0 Å². The fourth-order valence-corrected chi connectivity index (χ4v) is 1.54. The molecule has 106 valence electrons. The molecule has 7 nitrogen and oxygen atoms in total. The van der Waals surface area contributed by atoms with Gasteiger partial charge >= 0.3 is 0 Å². The molecule has 0 aliphatic rings. The first-order valence-corrected chi connectivity index (χ1v) is 5.73. The molecule has 0 aliphatic heterocycles.